The third-order valence-corrected chi connectivity index (χ3v) is 1.54. The fourth-order valence-electron chi connectivity index (χ4n) is 0.950. The molecule has 0 aliphatic rings. The maximum absolute atomic E-state index is 11.9. The molecule has 0 aromatic heterocycles. The lowest BCUT2D eigenvalue weighted by Crippen LogP contribution is -2.22. The maximum Gasteiger partial charge on any atom is 0.454 e. The Labute approximate surface area is 86.9 Å². The predicted octanol–water partition coefficient (Wildman–Crippen LogP) is 3.77. The van der Waals surface area contributed by atoms with E-state index >= 15 is 0 Å². The Morgan fingerprint density at radius 2 is 1.73 bits per heavy atom. The van der Waals surface area contributed by atoms with Crippen LogP contribution in [0.3, 0.4) is 0 Å². The summed E-state index contributed by atoms with van der Waals surface area (Å²) < 4.78 is 35.8. The van der Waals surface area contributed by atoms with Crippen LogP contribution in [0.1, 0.15) is 29.8 Å². The van der Waals surface area contributed by atoms with Gasteiger partial charge in [0.25, 0.3) is 5.78 Å². The molecule has 84 valence electrons. The topological polar surface area (TPSA) is 17.1 Å². The van der Waals surface area contributed by atoms with Crippen LogP contribution in [0.25, 0.3) is 0 Å². The molecule has 0 bridgehead atoms. The van der Waals surface area contributed by atoms with Gasteiger partial charge in [0.1, 0.15) is 0 Å². The summed E-state index contributed by atoms with van der Waals surface area (Å²) >= 11 is 0. The molecule has 0 aliphatic carbocycles. The van der Waals surface area contributed by atoms with Crippen molar-refractivity contribution in [2.75, 3.05) is 0 Å². The molecule has 1 nitrogen and oxygen atoms in total. The molecule has 0 saturated carbocycles. The van der Waals surface area contributed by atoms with Crippen LogP contribution in [-0.4, -0.2) is 12.0 Å². The van der Waals surface area contributed by atoms with Crippen molar-refractivity contribution in [1.82, 2.24) is 0 Å². The third-order valence-electron chi connectivity index (χ3n) is 1.54. The Bertz CT molecular complexity index is 329. The van der Waals surface area contributed by atoms with Crippen LogP contribution < -0.4 is 0 Å². The van der Waals surface area contributed by atoms with E-state index in [9.17, 15) is 18.0 Å². The van der Waals surface area contributed by atoms with Gasteiger partial charge in [-0.25, -0.2) is 0 Å². The minimum absolute atomic E-state index is 0.312. The average Bonchev–Trinajstić information content (AvgIpc) is 2.18. The van der Waals surface area contributed by atoms with Crippen molar-refractivity contribution >= 4 is 5.78 Å². The normalized spacial score (nSPS) is 10.3. The quantitative estimate of drug-likeness (QED) is 0.656. The summed E-state index contributed by atoms with van der Waals surface area (Å²) in [6.07, 6.45) is -4.78. The lowest BCUT2D eigenvalue weighted by molar-refractivity contribution is -0.0885. The van der Waals surface area contributed by atoms with Crippen LogP contribution in [0.15, 0.2) is 24.3 Å². The van der Waals surface area contributed by atoms with Crippen LogP contribution >= 0.6 is 0 Å². The summed E-state index contributed by atoms with van der Waals surface area (Å²) in [4.78, 5) is 10.7. The molecule has 0 heterocycles. The van der Waals surface area contributed by atoms with Crippen molar-refractivity contribution < 1.29 is 18.0 Å². The van der Waals surface area contributed by atoms with Gasteiger partial charge in [-0.1, -0.05) is 37.6 Å². The van der Waals surface area contributed by atoms with E-state index in [-0.39, 0.29) is 5.56 Å². The first kappa shape index (κ1) is 13.7. The SMILES string of the molecule is CC.Cc1cccc(C(=O)C(F)(F)F)c1. The Morgan fingerprint density at radius 1 is 1.20 bits per heavy atom. The van der Waals surface area contributed by atoms with Crippen LogP contribution in [0, 0.1) is 6.92 Å². The molecule has 1 aromatic carbocycles. The summed E-state index contributed by atoms with van der Waals surface area (Å²) in [6, 6.07) is 5.43. The summed E-state index contributed by atoms with van der Waals surface area (Å²) in [7, 11) is 0. The van der Waals surface area contributed by atoms with Crippen LogP contribution in [0.4, 0.5) is 13.2 Å². The van der Waals surface area contributed by atoms with Gasteiger partial charge in [0.15, 0.2) is 0 Å². The van der Waals surface area contributed by atoms with Gasteiger partial charge in [-0.3, -0.25) is 4.79 Å². The first-order valence-electron chi connectivity index (χ1n) is 4.59. The molecule has 0 N–H and O–H groups in total. The fraction of sp³-hybridized carbons (Fsp3) is 0.364. The molecule has 1 aromatic rings. The highest BCUT2D eigenvalue weighted by atomic mass is 19.4. The van der Waals surface area contributed by atoms with Gasteiger partial charge in [-0.15, -0.1) is 0 Å². The average molecular weight is 218 g/mol. The second-order valence-corrected chi connectivity index (χ2v) is 2.70. The Balaban J connectivity index is 0.000000921. The zero-order chi connectivity index (χ0) is 12.1. The summed E-state index contributed by atoms with van der Waals surface area (Å²) in [6.45, 7) is 5.63. The molecule has 0 unspecified atom stereocenters. The van der Waals surface area contributed by atoms with E-state index in [1.165, 1.54) is 12.1 Å². The molecular weight excluding hydrogens is 205 g/mol. The van der Waals surface area contributed by atoms with Crippen LogP contribution in [0.5, 0.6) is 0 Å². The molecule has 0 fully saturated rings. The van der Waals surface area contributed by atoms with Gasteiger partial charge in [-0.05, 0) is 13.0 Å². The Hall–Kier alpha value is -1.32. The van der Waals surface area contributed by atoms with Crippen molar-refractivity contribution in [1.29, 1.82) is 0 Å². The summed E-state index contributed by atoms with van der Waals surface area (Å²) in [5.74, 6) is -1.80. The lowest BCUT2D eigenvalue weighted by atomic mass is 10.1. The van der Waals surface area contributed by atoms with E-state index in [0.29, 0.717) is 5.56 Å². The van der Waals surface area contributed by atoms with Gasteiger partial charge in [-0.2, -0.15) is 13.2 Å². The van der Waals surface area contributed by atoms with E-state index in [1.54, 1.807) is 13.0 Å². The number of halogens is 3. The monoisotopic (exact) mass is 218 g/mol. The first-order valence-corrected chi connectivity index (χ1v) is 4.59. The van der Waals surface area contributed by atoms with Crippen molar-refractivity contribution in [3.8, 4) is 0 Å². The van der Waals surface area contributed by atoms with E-state index in [0.717, 1.165) is 6.07 Å². The molecule has 4 heteroatoms. The van der Waals surface area contributed by atoms with Crippen LogP contribution in [-0.2, 0) is 0 Å². The highest BCUT2D eigenvalue weighted by molar-refractivity contribution is 6.00. The van der Waals surface area contributed by atoms with Gasteiger partial charge in [0, 0.05) is 5.56 Å². The number of ketones is 1. The van der Waals surface area contributed by atoms with Crippen molar-refractivity contribution in [2.45, 2.75) is 26.9 Å². The minimum Gasteiger partial charge on any atom is -0.284 e. The van der Waals surface area contributed by atoms with E-state index < -0.39 is 12.0 Å². The molecule has 0 atom stereocenters. The number of benzene rings is 1. The van der Waals surface area contributed by atoms with Crippen molar-refractivity contribution in [2.24, 2.45) is 0 Å². The molecule has 0 saturated heterocycles. The van der Waals surface area contributed by atoms with Gasteiger partial charge < -0.3 is 0 Å². The molecule has 1 rings (SSSR count). The predicted molar refractivity (Wildman–Crippen MR) is 52.9 cm³/mol. The highest BCUT2D eigenvalue weighted by Crippen LogP contribution is 2.21. The minimum atomic E-state index is -4.78. The number of carbonyl (C=O) groups excluding carboxylic acids is 1. The Morgan fingerprint density at radius 3 is 2.13 bits per heavy atom. The second-order valence-electron chi connectivity index (χ2n) is 2.70. The number of rotatable bonds is 1. The number of hydrogen-bond donors (Lipinski definition) is 0. The molecule has 0 radical (unpaired) electrons. The fourth-order valence-corrected chi connectivity index (χ4v) is 0.950. The molecule has 0 spiro atoms. The zero-order valence-electron chi connectivity index (χ0n) is 8.85. The van der Waals surface area contributed by atoms with E-state index in [1.807, 2.05) is 13.8 Å². The number of hydrogen-bond acceptors (Lipinski definition) is 1. The number of aryl methyl sites for hydroxylation is 1. The smallest absolute Gasteiger partial charge is 0.284 e. The number of Topliss-reactive ketones (excluding diaryl/α,β-unsaturated/α-hetero) is 1. The van der Waals surface area contributed by atoms with Crippen molar-refractivity contribution in [3.05, 3.63) is 35.4 Å². The molecule has 0 amide bonds. The zero-order valence-corrected chi connectivity index (χ0v) is 8.85. The van der Waals surface area contributed by atoms with E-state index in [4.69, 9.17) is 0 Å². The number of alkyl halides is 3. The van der Waals surface area contributed by atoms with Gasteiger partial charge in [0.2, 0.25) is 0 Å². The standard InChI is InChI=1S/C9H7F3O.C2H6/c1-6-3-2-4-7(5-6)8(13)9(10,11)12;1-2/h2-5H,1H3;1-2H3. The highest BCUT2D eigenvalue weighted by Gasteiger charge is 2.39. The summed E-state index contributed by atoms with van der Waals surface area (Å²) in [5.41, 5.74) is 0.322. The maximum atomic E-state index is 11.9. The number of carbonyl (C=O) groups is 1. The summed E-state index contributed by atoms with van der Waals surface area (Å²) in [5, 5.41) is 0. The lowest BCUT2D eigenvalue weighted by Gasteiger charge is -2.04. The van der Waals surface area contributed by atoms with Gasteiger partial charge >= 0.3 is 6.18 Å². The van der Waals surface area contributed by atoms with Crippen molar-refractivity contribution in [3.63, 3.8) is 0 Å². The first-order chi connectivity index (χ1) is 6.91. The molecule has 15 heavy (non-hydrogen) atoms. The third kappa shape index (κ3) is 4.14. The van der Waals surface area contributed by atoms with Crippen LogP contribution in [0.2, 0.25) is 0 Å². The molecular formula is C11H13F3O. The molecule has 0 aliphatic heterocycles. The van der Waals surface area contributed by atoms with E-state index in [2.05, 4.69) is 0 Å². The van der Waals surface area contributed by atoms with Gasteiger partial charge in [0.05, 0.1) is 0 Å². The Kier molecular flexibility index (Phi) is 5.05. The largest absolute Gasteiger partial charge is 0.454 e. The second kappa shape index (κ2) is 5.53.